The summed E-state index contributed by atoms with van der Waals surface area (Å²) in [6.07, 6.45) is 1.70. The summed E-state index contributed by atoms with van der Waals surface area (Å²) in [5.41, 5.74) is 1.86. The highest BCUT2D eigenvalue weighted by molar-refractivity contribution is 9.10. The van der Waals surface area contributed by atoms with Crippen LogP contribution in [0.25, 0.3) is 0 Å². The van der Waals surface area contributed by atoms with E-state index in [1.54, 1.807) is 25.4 Å². The first-order valence-corrected chi connectivity index (χ1v) is 6.61. The van der Waals surface area contributed by atoms with Crippen molar-refractivity contribution in [3.8, 4) is 5.88 Å². The smallest absolute Gasteiger partial charge is 0.213 e. The number of aromatic nitrogens is 1. The lowest BCUT2D eigenvalue weighted by molar-refractivity contribution is 0.398. The number of halogens is 2. The second kappa shape index (κ2) is 6.02. The molecule has 1 aromatic heterocycles. The van der Waals surface area contributed by atoms with E-state index in [4.69, 9.17) is 4.74 Å². The van der Waals surface area contributed by atoms with Crippen molar-refractivity contribution in [2.24, 2.45) is 0 Å². The highest BCUT2D eigenvalue weighted by Crippen LogP contribution is 2.27. The predicted molar refractivity (Wildman–Crippen MR) is 76.9 cm³/mol. The van der Waals surface area contributed by atoms with Crippen LogP contribution in [0.1, 0.15) is 18.5 Å². The number of methoxy groups -OCH3 is 1. The number of hydrogen-bond donors (Lipinski definition) is 1. The summed E-state index contributed by atoms with van der Waals surface area (Å²) in [7, 11) is 1.58. The molecule has 0 amide bonds. The fourth-order valence-corrected chi connectivity index (χ4v) is 2.46. The summed E-state index contributed by atoms with van der Waals surface area (Å²) in [6, 6.07) is 8.37. The molecule has 2 aromatic rings. The Balaban J connectivity index is 2.13. The maximum absolute atomic E-state index is 13.0. The van der Waals surface area contributed by atoms with Gasteiger partial charge in [0.15, 0.2) is 0 Å². The van der Waals surface area contributed by atoms with Gasteiger partial charge in [-0.1, -0.05) is 22.0 Å². The monoisotopic (exact) mass is 324 g/mol. The number of rotatable bonds is 4. The number of pyridine rings is 1. The van der Waals surface area contributed by atoms with E-state index in [2.05, 4.69) is 26.2 Å². The van der Waals surface area contributed by atoms with Crippen molar-refractivity contribution in [3.63, 3.8) is 0 Å². The number of nitrogens with one attached hydrogen (secondary N) is 1. The molecule has 1 N–H and O–H groups in total. The molecule has 2 rings (SSSR count). The first-order valence-electron chi connectivity index (χ1n) is 5.81. The molecule has 100 valence electrons. The zero-order valence-electron chi connectivity index (χ0n) is 10.7. The first kappa shape index (κ1) is 13.8. The third kappa shape index (κ3) is 3.44. The van der Waals surface area contributed by atoms with Gasteiger partial charge in [0.1, 0.15) is 5.82 Å². The van der Waals surface area contributed by atoms with Gasteiger partial charge in [-0.25, -0.2) is 9.37 Å². The van der Waals surface area contributed by atoms with Crippen LogP contribution >= 0.6 is 15.9 Å². The van der Waals surface area contributed by atoms with Gasteiger partial charge in [0.2, 0.25) is 5.88 Å². The molecule has 5 heteroatoms. The largest absolute Gasteiger partial charge is 0.481 e. The molecule has 1 unspecified atom stereocenters. The van der Waals surface area contributed by atoms with E-state index in [1.165, 1.54) is 12.1 Å². The molecule has 1 atom stereocenters. The number of nitrogens with zero attached hydrogens (tertiary/aromatic N) is 1. The van der Waals surface area contributed by atoms with Crippen molar-refractivity contribution in [3.05, 3.63) is 52.4 Å². The van der Waals surface area contributed by atoms with Gasteiger partial charge in [0.05, 0.1) is 19.0 Å². The molecule has 0 saturated carbocycles. The molecule has 0 aliphatic rings. The number of hydrogen-bond acceptors (Lipinski definition) is 3. The van der Waals surface area contributed by atoms with E-state index >= 15 is 0 Å². The van der Waals surface area contributed by atoms with Gasteiger partial charge in [-0.2, -0.15) is 0 Å². The Labute approximate surface area is 119 Å². The Hall–Kier alpha value is -1.62. The van der Waals surface area contributed by atoms with Gasteiger partial charge in [0.25, 0.3) is 0 Å². The van der Waals surface area contributed by atoms with E-state index in [0.717, 1.165) is 15.7 Å². The Morgan fingerprint density at radius 3 is 2.68 bits per heavy atom. The van der Waals surface area contributed by atoms with Gasteiger partial charge in [-0.3, -0.25) is 0 Å². The summed E-state index contributed by atoms with van der Waals surface area (Å²) < 4.78 is 18.8. The molecule has 0 radical (unpaired) electrons. The minimum atomic E-state index is -0.256. The predicted octanol–water partition coefficient (Wildman–Crippen LogP) is 4.16. The number of benzene rings is 1. The summed E-state index contributed by atoms with van der Waals surface area (Å²) in [4.78, 5) is 4.12. The van der Waals surface area contributed by atoms with Crippen molar-refractivity contribution in [2.75, 3.05) is 12.4 Å². The zero-order chi connectivity index (χ0) is 13.8. The van der Waals surface area contributed by atoms with Gasteiger partial charge < -0.3 is 10.1 Å². The van der Waals surface area contributed by atoms with Gasteiger partial charge >= 0.3 is 0 Å². The van der Waals surface area contributed by atoms with Crippen LogP contribution in [0.5, 0.6) is 5.88 Å². The van der Waals surface area contributed by atoms with Crippen LogP contribution in [0.4, 0.5) is 10.1 Å². The summed E-state index contributed by atoms with van der Waals surface area (Å²) >= 11 is 3.37. The summed E-state index contributed by atoms with van der Waals surface area (Å²) in [5.74, 6) is 0.315. The second-order valence-electron chi connectivity index (χ2n) is 4.12. The maximum atomic E-state index is 13.0. The number of anilines is 1. The molecule has 3 nitrogen and oxygen atoms in total. The standard InChI is InChI=1S/C14H14BrFN2O/c1-9(12-5-3-10(16)7-13(12)15)18-11-4-6-14(19-2)17-8-11/h3-9,18H,1-2H3. The molecule has 19 heavy (non-hydrogen) atoms. The van der Waals surface area contributed by atoms with Crippen LogP contribution in [0.3, 0.4) is 0 Å². The molecular formula is C14H14BrFN2O. The number of ether oxygens (including phenoxy) is 1. The van der Waals surface area contributed by atoms with Crippen molar-refractivity contribution >= 4 is 21.6 Å². The third-order valence-corrected chi connectivity index (χ3v) is 3.44. The first-order chi connectivity index (χ1) is 9.10. The van der Waals surface area contributed by atoms with E-state index in [-0.39, 0.29) is 11.9 Å². The molecular weight excluding hydrogens is 311 g/mol. The molecule has 0 aliphatic heterocycles. The average molecular weight is 325 g/mol. The summed E-state index contributed by atoms with van der Waals surface area (Å²) in [6.45, 7) is 2.00. The molecule has 0 aliphatic carbocycles. The molecule has 0 spiro atoms. The lowest BCUT2D eigenvalue weighted by atomic mass is 10.1. The SMILES string of the molecule is COc1ccc(NC(C)c2ccc(F)cc2Br)cn1. The van der Waals surface area contributed by atoms with Gasteiger partial charge in [-0.15, -0.1) is 0 Å². The lowest BCUT2D eigenvalue weighted by Crippen LogP contribution is -2.07. The van der Waals surface area contributed by atoms with Crippen LogP contribution in [-0.4, -0.2) is 12.1 Å². The summed E-state index contributed by atoms with van der Waals surface area (Å²) in [5, 5.41) is 3.30. The second-order valence-corrected chi connectivity index (χ2v) is 4.98. The molecule has 0 bridgehead atoms. The van der Waals surface area contributed by atoms with E-state index < -0.39 is 0 Å². The van der Waals surface area contributed by atoms with Crippen LogP contribution in [0.15, 0.2) is 41.0 Å². The van der Waals surface area contributed by atoms with E-state index in [0.29, 0.717) is 5.88 Å². The molecule has 1 aromatic carbocycles. The van der Waals surface area contributed by atoms with Crippen LogP contribution in [-0.2, 0) is 0 Å². The van der Waals surface area contributed by atoms with E-state index in [9.17, 15) is 4.39 Å². The van der Waals surface area contributed by atoms with Crippen molar-refractivity contribution in [1.29, 1.82) is 0 Å². The van der Waals surface area contributed by atoms with Crippen molar-refractivity contribution in [1.82, 2.24) is 4.98 Å². The topological polar surface area (TPSA) is 34.1 Å². The Bertz CT molecular complexity index is 560. The highest BCUT2D eigenvalue weighted by Gasteiger charge is 2.10. The van der Waals surface area contributed by atoms with Crippen LogP contribution < -0.4 is 10.1 Å². The lowest BCUT2D eigenvalue weighted by Gasteiger charge is -2.17. The Kier molecular flexibility index (Phi) is 4.37. The Morgan fingerprint density at radius 1 is 1.32 bits per heavy atom. The minimum absolute atomic E-state index is 0.0326. The van der Waals surface area contributed by atoms with Crippen molar-refractivity contribution in [2.45, 2.75) is 13.0 Å². The van der Waals surface area contributed by atoms with Crippen LogP contribution in [0.2, 0.25) is 0 Å². The van der Waals surface area contributed by atoms with E-state index in [1.807, 2.05) is 13.0 Å². The fourth-order valence-electron chi connectivity index (χ4n) is 1.77. The molecule has 1 heterocycles. The van der Waals surface area contributed by atoms with Gasteiger partial charge in [-0.05, 0) is 30.7 Å². The maximum Gasteiger partial charge on any atom is 0.213 e. The molecule has 0 fully saturated rings. The quantitative estimate of drug-likeness (QED) is 0.916. The third-order valence-electron chi connectivity index (χ3n) is 2.76. The van der Waals surface area contributed by atoms with Crippen molar-refractivity contribution < 1.29 is 9.13 Å². The minimum Gasteiger partial charge on any atom is -0.481 e. The Morgan fingerprint density at radius 2 is 2.11 bits per heavy atom. The highest BCUT2D eigenvalue weighted by atomic mass is 79.9. The average Bonchev–Trinajstić information content (AvgIpc) is 2.39. The molecule has 0 saturated heterocycles. The zero-order valence-corrected chi connectivity index (χ0v) is 12.2. The fraction of sp³-hybridized carbons (Fsp3) is 0.214. The van der Waals surface area contributed by atoms with Gasteiger partial charge in [0, 0.05) is 16.6 Å². The van der Waals surface area contributed by atoms with Crippen LogP contribution in [0, 0.1) is 5.82 Å². The normalized spacial score (nSPS) is 12.0.